The zero-order valence-corrected chi connectivity index (χ0v) is 12.8. The van der Waals surface area contributed by atoms with Crippen LogP contribution in [0.25, 0.3) is 0 Å². The van der Waals surface area contributed by atoms with Crippen LogP contribution in [0.3, 0.4) is 0 Å². The molecule has 6 heteroatoms. The number of carbonyl (C=O) groups excluding carboxylic acids is 1. The minimum Gasteiger partial charge on any atom is -0.351 e. The highest BCUT2D eigenvalue weighted by Gasteiger charge is 2.08. The van der Waals surface area contributed by atoms with Crippen LogP contribution in [0.1, 0.15) is 29.3 Å². The maximum Gasteiger partial charge on any atom is 0.251 e. The minimum atomic E-state index is -3.09. The second-order valence-corrected chi connectivity index (χ2v) is 6.92. The van der Waals surface area contributed by atoms with Crippen LogP contribution in [-0.4, -0.2) is 40.2 Å². The maximum atomic E-state index is 11.9. The number of carbonyl (C=O) groups is 1. The first kappa shape index (κ1) is 16.7. The van der Waals surface area contributed by atoms with Crippen molar-refractivity contribution in [1.82, 2.24) is 10.6 Å². The average Bonchev–Trinajstić information content (AvgIpc) is 2.36. The molecular formula is C14H22N2O3S. The highest BCUT2D eigenvalue weighted by atomic mass is 32.2. The van der Waals surface area contributed by atoms with Crippen molar-refractivity contribution in [3.05, 3.63) is 35.4 Å². The number of hydrogen-bond acceptors (Lipinski definition) is 4. The summed E-state index contributed by atoms with van der Waals surface area (Å²) >= 11 is 0. The van der Waals surface area contributed by atoms with Crippen molar-refractivity contribution >= 4 is 15.7 Å². The van der Waals surface area contributed by atoms with E-state index in [2.05, 4.69) is 17.6 Å². The fourth-order valence-electron chi connectivity index (χ4n) is 1.77. The lowest BCUT2D eigenvalue weighted by atomic mass is 10.1. The van der Waals surface area contributed by atoms with Gasteiger partial charge in [0.1, 0.15) is 0 Å². The topological polar surface area (TPSA) is 75.3 Å². The van der Waals surface area contributed by atoms with Crippen molar-refractivity contribution in [2.75, 3.05) is 25.9 Å². The van der Waals surface area contributed by atoms with Gasteiger partial charge in [-0.05, 0) is 30.7 Å². The van der Waals surface area contributed by atoms with Gasteiger partial charge in [0.05, 0.1) is 5.75 Å². The summed E-state index contributed by atoms with van der Waals surface area (Å²) < 4.78 is 22.5. The summed E-state index contributed by atoms with van der Waals surface area (Å²) in [6, 6.07) is 6.71. The lowest BCUT2D eigenvalue weighted by Crippen LogP contribution is -2.32. The van der Waals surface area contributed by atoms with Gasteiger partial charge in [-0.25, -0.2) is 8.42 Å². The standard InChI is InChI=1S/C14H22N2O3S/c1-3-7-15-8-9-16-14(17)13-6-4-5-12(10-13)11-20(2,18)19/h4-6,10,15H,3,7-9,11H2,1-2H3,(H,16,17). The quantitative estimate of drug-likeness (QED) is 0.701. The molecule has 20 heavy (non-hydrogen) atoms. The van der Waals surface area contributed by atoms with E-state index in [1.54, 1.807) is 24.3 Å². The van der Waals surface area contributed by atoms with Gasteiger partial charge in [-0.1, -0.05) is 19.1 Å². The molecule has 0 bridgehead atoms. The molecule has 0 saturated carbocycles. The van der Waals surface area contributed by atoms with E-state index in [0.29, 0.717) is 17.7 Å². The first-order valence-corrected chi connectivity index (χ1v) is 8.74. The molecule has 0 saturated heterocycles. The Hall–Kier alpha value is -1.40. The SMILES string of the molecule is CCCNCCNC(=O)c1cccc(CS(C)(=O)=O)c1. The Morgan fingerprint density at radius 2 is 1.95 bits per heavy atom. The lowest BCUT2D eigenvalue weighted by molar-refractivity contribution is 0.0954. The molecule has 0 spiro atoms. The smallest absolute Gasteiger partial charge is 0.251 e. The van der Waals surface area contributed by atoms with E-state index in [9.17, 15) is 13.2 Å². The van der Waals surface area contributed by atoms with Crippen molar-refractivity contribution < 1.29 is 13.2 Å². The summed E-state index contributed by atoms with van der Waals surface area (Å²) in [5.74, 6) is -0.231. The Bertz CT molecular complexity index is 541. The van der Waals surface area contributed by atoms with Crippen LogP contribution in [0.15, 0.2) is 24.3 Å². The van der Waals surface area contributed by atoms with E-state index in [-0.39, 0.29) is 11.7 Å². The van der Waals surface area contributed by atoms with Crippen molar-refractivity contribution in [2.45, 2.75) is 19.1 Å². The molecule has 1 rings (SSSR count). The summed E-state index contributed by atoms with van der Waals surface area (Å²) in [7, 11) is -3.09. The summed E-state index contributed by atoms with van der Waals surface area (Å²) in [5, 5.41) is 5.99. The number of benzene rings is 1. The van der Waals surface area contributed by atoms with Crippen LogP contribution in [0, 0.1) is 0 Å². The van der Waals surface area contributed by atoms with Crippen molar-refractivity contribution in [3.8, 4) is 0 Å². The average molecular weight is 298 g/mol. The fraction of sp³-hybridized carbons (Fsp3) is 0.500. The number of hydrogen-bond donors (Lipinski definition) is 2. The summed E-state index contributed by atoms with van der Waals surface area (Å²) in [5.41, 5.74) is 1.12. The first-order valence-electron chi connectivity index (χ1n) is 6.68. The van der Waals surface area contributed by atoms with E-state index in [1.807, 2.05) is 0 Å². The van der Waals surface area contributed by atoms with Gasteiger partial charge < -0.3 is 10.6 Å². The molecule has 0 unspecified atom stereocenters. The molecule has 0 atom stereocenters. The fourth-order valence-corrected chi connectivity index (χ4v) is 2.56. The Morgan fingerprint density at radius 1 is 1.20 bits per heavy atom. The van der Waals surface area contributed by atoms with Crippen LogP contribution in [-0.2, 0) is 15.6 Å². The van der Waals surface area contributed by atoms with Gasteiger partial charge >= 0.3 is 0 Å². The molecule has 0 radical (unpaired) electrons. The van der Waals surface area contributed by atoms with Crippen molar-refractivity contribution in [2.24, 2.45) is 0 Å². The summed E-state index contributed by atoms with van der Waals surface area (Å²) in [6.07, 6.45) is 2.24. The number of rotatable bonds is 8. The van der Waals surface area contributed by atoms with Gasteiger partial charge in [-0.15, -0.1) is 0 Å². The number of amides is 1. The minimum absolute atomic E-state index is 0.0494. The molecule has 1 aromatic carbocycles. The van der Waals surface area contributed by atoms with Crippen LogP contribution in [0.4, 0.5) is 0 Å². The van der Waals surface area contributed by atoms with E-state index in [4.69, 9.17) is 0 Å². The van der Waals surface area contributed by atoms with E-state index in [1.165, 1.54) is 6.26 Å². The molecule has 112 valence electrons. The molecule has 0 fully saturated rings. The molecule has 1 aromatic rings. The van der Waals surface area contributed by atoms with Gasteiger partial charge in [0.25, 0.3) is 5.91 Å². The van der Waals surface area contributed by atoms with Gasteiger partial charge in [0, 0.05) is 24.9 Å². The second kappa shape index (κ2) is 8.01. The molecule has 1 amide bonds. The summed E-state index contributed by atoms with van der Waals surface area (Å²) in [4.78, 5) is 11.9. The first-order chi connectivity index (χ1) is 9.42. The maximum absolute atomic E-state index is 11.9. The van der Waals surface area contributed by atoms with Gasteiger partial charge in [0.15, 0.2) is 9.84 Å². The summed E-state index contributed by atoms with van der Waals surface area (Å²) in [6.45, 7) is 4.29. The lowest BCUT2D eigenvalue weighted by Gasteiger charge is -2.07. The normalized spacial score (nSPS) is 11.3. The van der Waals surface area contributed by atoms with Crippen molar-refractivity contribution in [1.29, 1.82) is 0 Å². The molecule has 2 N–H and O–H groups in total. The molecule has 0 aromatic heterocycles. The molecule has 0 aliphatic carbocycles. The Morgan fingerprint density at radius 3 is 2.60 bits per heavy atom. The Kier molecular flexibility index (Phi) is 6.67. The largest absolute Gasteiger partial charge is 0.351 e. The second-order valence-electron chi connectivity index (χ2n) is 4.78. The number of nitrogens with one attached hydrogen (secondary N) is 2. The molecular weight excluding hydrogens is 276 g/mol. The Labute approximate surface area is 120 Å². The number of sulfone groups is 1. The van der Waals surface area contributed by atoms with Gasteiger partial charge in [-0.2, -0.15) is 0 Å². The highest BCUT2D eigenvalue weighted by molar-refractivity contribution is 7.89. The van der Waals surface area contributed by atoms with E-state index < -0.39 is 9.84 Å². The molecule has 5 nitrogen and oxygen atoms in total. The van der Waals surface area contributed by atoms with Crippen molar-refractivity contribution in [3.63, 3.8) is 0 Å². The molecule has 0 aliphatic heterocycles. The predicted molar refractivity (Wildman–Crippen MR) is 80.5 cm³/mol. The highest BCUT2D eigenvalue weighted by Crippen LogP contribution is 2.08. The zero-order chi connectivity index (χ0) is 15.0. The molecule has 0 heterocycles. The van der Waals surface area contributed by atoms with Gasteiger partial charge in [0.2, 0.25) is 0 Å². The third-order valence-corrected chi connectivity index (χ3v) is 3.49. The van der Waals surface area contributed by atoms with Crippen LogP contribution in [0.2, 0.25) is 0 Å². The third-order valence-electron chi connectivity index (χ3n) is 2.63. The zero-order valence-electron chi connectivity index (χ0n) is 12.0. The van der Waals surface area contributed by atoms with Crippen LogP contribution < -0.4 is 10.6 Å². The Balaban J connectivity index is 2.54. The monoisotopic (exact) mass is 298 g/mol. The van der Waals surface area contributed by atoms with Crippen LogP contribution >= 0.6 is 0 Å². The van der Waals surface area contributed by atoms with E-state index in [0.717, 1.165) is 19.5 Å². The third kappa shape index (κ3) is 6.68. The van der Waals surface area contributed by atoms with Gasteiger partial charge in [-0.3, -0.25) is 4.79 Å². The van der Waals surface area contributed by atoms with E-state index >= 15 is 0 Å². The predicted octanol–water partition coefficient (Wildman–Crippen LogP) is 0.961. The van der Waals surface area contributed by atoms with Crippen LogP contribution in [0.5, 0.6) is 0 Å². The molecule has 0 aliphatic rings.